The van der Waals surface area contributed by atoms with Gasteiger partial charge in [-0.2, -0.15) is 0 Å². The summed E-state index contributed by atoms with van der Waals surface area (Å²) in [4.78, 5) is 28.4. The van der Waals surface area contributed by atoms with Crippen molar-refractivity contribution in [2.45, 2.75) is 46.1 Å². The molecular formula is C32H35NO5. The van der Waals surface area contributed by atoms with E-state index in [1.54, 1.807) is 49.6 Å². The van der Waals surface area contributed by atoms with Crippen LogP contribution in [0.5, 0.6) is 11.5 Å². The third-order valence-corrected chi connectivity index (χ3v) is 6.58. The van der Waals surface area contributed by atoms with Crippen molar-refractivity contribution in [3.8, 4) is 11.5 Å². The van der Waals surface area contributed by atoms with Gasteiger partial charge < -0.3 is 14.6 Å². The molecule has 6 nitrogen and oxygen atoms in total. The Kier molecular flexibility index (Phi) is 7.63. The van der Waals surface area contributed by atoms with Crippen LogP contribution < -0.4 is 14.4 Å². The van der Waals surface area contributed by atoms with Crippen molar-refractivity contribution >= 4 is 23.1 Å². The largest absolute Gasteiger partial charge is 0.507 e. The molecule has 0 spiro atoms. The Bertz CT molecular complexity index is 1350. The molecule has 1 saturated heterocycles. The zero-order valence-electron chi connectivity index (χ0n) is 22.8. The van der Waals surface area contributed by atoms with Crippen LogP contribution in [0.15, 0.2) is 78.4 Å². The SMILES string of the molecule is COc1cccc(C2/C(=C(/O)c3ccc(OCC(C)C)cc3)C(=O)C(=O)N2c2ccc(C(C)(C)C)cc2)c1. The molecule has 0 radical (unpaired) electrons. The van der Waals surface area contributed by atoms with Gasteiger partial charge >= 0.3 is 0 Å². The number of carbonyl (C=O) groups is 2. The van der Waals surface area contributed by atoms with Gasteiger partial charge in [0.2, 0.25) is 0 Å². The molecular weight excluding hydrogens is 478 g/mol. The van der Waals surface area contributed by atoms with E-state index in [-0.39, 0.29) is 16.7 Å². The number of hydrogen-bond donors (Lipinski definition) is 1. The van der Waals surface area contributed by atoms with Crippen LogP contribution in [0.3, 0.4) is 0 Å². The van der Waals surface area contributed by atoms with Gasteiger partial charge in [-0.05, 0) is 71.0 Å². The molecule has 38 heavy (non-hydrogen) atoms. The van der Waals surface area contributed by atoms with E-state index in [9.17, 15) is 14.7 Å². The molecule has 0 saturated carbocycles. The molecule has 1 aliphatic rings. The van der Waals surface area contributed by atoms with E-state index < -0.39 is 17.7 Å². The van der Waals surface area contributed by atoms with Gasteiger partial charge in [0.25, 0.3) is 11.7 Å². The summed E-state index contributed by atoms with van der Waals surface area (Å²) in [5.41, 5.74) is 2.72. The van der Waals surface area contributed by atoms with Gasteiger partial charge in [-0.25, -0.2) is 0 Å². The number of Topliss-reactive ketones (excluding diaryl/α,β-unsaturated/α-hetero) is 1. The lowest BCUT2D eigenvalue weighted by Gasteiger charge is -2.27. The Morgan fingerprint density at radius 2 is 1.61 bits per heavy atom. The van der Waals surface area contributed by atoms with E-state index in [2.05, 4.69) is 34.6 Å². The first-order valence-electron chi connectivity index (χ1n) is 12.8. The van der Waals surface area contributed by atoms with E-state index in [0.717, 1.165) is 5.56 Å². The zero-order chi connectivity index (χ0) is 27.6. The maximum Gasteiger partial charge on any atom is 0.300 e. The highest BCUT2D eigenvalue weighted by atomic mass is 16.5. The molecule has 1 amide bonds. The van der Waals surface area contributed by atoms with Crippen LogP contribution in [0.2, 0.25) is 0 Å². The molecule has 1 unspecified atom stereocenters. The molecule has 0 bridgehead atoms. The van der Waals surface area contributed by atoms with Crippen LogP contribution in [0.4, 0.5) is 5.69 Å². The molecule has 6 heteroatoms. The highest BCUT2D eigenvalue weighted by Gasteiger charge is 2.47. The number of benzene rings is 3. The van der Waals surface area contributed by atoms with Crippen molar-refractivity contribution in [3.63, 3.8) is 0 Å². The summed E-state index contributed by atoms with van der Waals surface area (Å²) in [5.74, 6) is -0.0447. The van der Waals surface area contributed by atoms with Crippen LogP contribution in [0.25, 0.3) is 5.76 Å². The van der Waals surface area contributed by atoms with Gasteiger partial charge in [-0.3, -0.25) is 14.5 Å². The molecule has 0 aliphatic carbocycles. The molecule has 1 heterocycles. The molecule has 4 rings (SSSR count). The summed E-state index contributed by atoms with van der Waals surface area (Å²) in [6.07, 6.45) is 0. The predicted octanol–water partition coefficient (Wildman–Crippen LogP) is 6.65. The summed E-state index contributed by atoms with van der Waals surface area (Å²) in [6.45, 7) is 11.0. The van der Waals surface area contributed by atoms with Crippen molar-refractivity contribution in [1.29, 1.82) is 0 Å². The number of methoxy groups -OCH3 is 1. The normalized spacial score (nSPS) is 17.2. The fourth-order valence-corrected chi connectivity index (χ4v) is 4.48. The first-order chi connectivity index (χ1) is 18.0. The number of nitrogens with zero attached hydrogens (tertiary/aromatic N) is 1. The minimum Gasteiger partial charge on any atom is -0.507 e. The third-order valence-electron chi connectivity index (χ3n) is 6.58. The van der Waals surface area contributed by atoms with E-state index in [0.29, 0.717) is 40.8 Å². The monoisotopic (exact) mass is 513 g/mol. The first-order valence-corrected chi connectivity index (χ1v) is 12.8. The molecule has 1 fully saturated rings. The van der Waals surface area contributed by atoms with Crippen LogP contribution >= 0.6 is 0 Å². The number of aliphatic hydroxyl groups excluding tert-OH is 1. The van der Waals surface area contributed by atoms with Crippen molar-refractivity contribution in [3.05, 3.63) is 95.1 Å². The van der Waals surface area contributed by atoms with Gasteiger partial charge in [0.15, 0.2) is 0 Å². The summed E-state index contributed by atoms with van der Waals surface area (Å²) < 4.78 is 11.2. The molecule has 1 atom stereocenters. The number of rotatable bonds is 7. The lowest BCUT2D eigenvalue weighted by Crippen LogP contribution is -2.29. The van der Waals surface area contributed by atoms with Crippen molar-refractivity contribution in [2.24, 2.45) is 5.92 Å². The van der Waals surface area contributed by atoms with Gasteiger partial charge in [-0.1, -0.05) is 58.9 Å². The Labute approximate surface area is 224 Å². The number of anilines is 1. The number of ether oxygens (including phenoxy) is 2. The maximum absolute atomic E-state index is 13.5. The minimum atomic E-state index is -0.831. The lowest BCUT2D eigenvalue weighted by atomic mass is 9.87. The zero-order valence-corrected chi connectivity index (χ0v) is 22.8. The lowest BCUT2D eigenvalue weighted by molar-refractivity contribution is -0.132. The predicted molar refractivity (Wildman–Crippen MR) is 150 cm³/mol. The van der Waals surface area contributed by atoms with Crippen LogP contribution in [0.1, 0.15) is 57.4 Å². The average Bonchev–Trinajstić information content (AvgIpc) is 3.17. The fraction of sp³-hybridized carbons (Fsp3) is 0.312. The quantitative estimate of drug-likeness (QED) is 0.217. The van der Waals surface area contributed by atoms with Gasteiger partial charge in [0, 0.05) is 11.3 Å². The maximum atomic E-state index is 13.5. The highest BCUT2D eigenvalue weighted by molar-refractivity contribution is 6.51. The van der Waals surface area contributed by atoms with Crippen LogP contribution in [-0.4, -0.2) is 30.5 Å². The average molecular weight is 514 g/mol. The summed E-state index contributed by atoms with van der Waals surface area (Å²) in [6, 6.07) is 20.9. The van der Waals surface area contributed by atoms with Gasteiger partial charge in [0.1, 0.15) is 17.3 Å². The summed E-state index contributed by atoms with van der Waals surface area (Å²) in [7, 11) is 1.56. The van der Waals surface area contributed by atoms with Crippen molar-refractivity contribution in [2.75, 3.05) is 18.6 Å². The van der Waals surface area contributed by atoms with Crippen LogP contribution in [-0.2, 0) is 15.0 Å². The number of amides is 1. The highest BCUT2D eigenvalue weighted by Crippen LogP contribution is 2.43. The Hall–Kier alpha value is -4.06. The molecule has 1 N–H and O–H groups in total. The van der Waals surface area contributed by atoms with E-state index in [4.69, 9.17) is 9.47 Å². The summed E-state index contributed by atoms with van der Waals surface area (Å²) >= 11 is 0. The fourth-order valence-electron chi connectivity index (χ4n) is 4.48. The first kappa shape index (κ1) is 27.0. The van der Waals surface area contributed by atoms with E-state index in [1.807, 2.05) is 30.3 Å². The Morgan fingerprint density at radius 3 is 2.18 bits per heavy atom. The smallest absolute Gasteiger partial charge is 0.300 e. The van der Waals surface area contributed by atoms with E-state index in [1.165, 1.54) is 4.90 Å². The third kappa shape index (κ3) is 5.44. The summed E-state index contributed by atoms with van der Waals surface area (Å²) in [5, 5.41) is 11.4. The number of hydrogen-bond acceptors (Lipinski definition) is 5. The second-order valence-electron chi connectivity index (χ2n) is 11.0. The molecule has 198 valence electrons. The van der Waals surface area contributed by atoms with E-state index >= 15 is 0 Å². The van der Waals surface area contributed by atoms with Crippen molar-refractivity contribution in [1.82, 2.24) is 0 Å². The molecule has 1 aliphatic heterocycles. The Morgan fingerprint density at radius 1 is 0.947 bits per heavy atom. The second kappa shape index (κ2) is 10.7. The van der Waals surface area contributed by atoms with Gasteiger partial charge in [0.05, 0.1) is 25.3 Å². The van der Waals surface area contributed by atoms with Crippen molar-refractivity contribution < 1.29 is 24.2 Å². The topological polar surface area (TPSA) is 76.1 Å². The number of aliphatic hydroxyl groups is 1. The second-order valence-corrected chi connectivity index (χ2v) is 11.0. The minimum absolute atomic E-state index is 0.0269. The molecule has 3 aromatic carbocycles. The number of ketones is 1. The Balaban J connectivity index is 1.82. The standard InChI is InChI=1S/C32H35NO5/c1-20(2)19-38-25-16-10-21(11-17-25)29(34)27-28(22-8-7-9-26(18-22)37-6)33(31(36)30(27)35)24-14-12-23(13-15-24)32(3,4)5/h7-18,20,28,34H,19H2,1-6H3/b29-27-. The van der Waals surface area contributed by atoms with Crippen LogP contribution in [0, 0.1) is 5.92 Å². The molecule has 3 aromatic rings. The van der Waals surface area contributed by atoms with Gasteiger partial charge in [-0.15, -0.1) is 0 Å². The number of carbonyl (C=O) groups excluding carboxylic acids is 2. The molecule has 0 aromatic heterocycles.